The van der Waals surface area contributed by atoms with E-state index in [-0.39, 0.29) is 17.8 Å². The van der Waals surface area contributed by atoms with Crippen LogP contribution in [-0.4, -0.2) is 59.4 Å². The maximum absolute atomic E-state index is 12.6. The maximum Gasteiger partial charge on any atom is 0.410 e. The van der Waals surface area contributed by atoms with Gasteiger partial charge in [-0.15, -0.1) is 11.3 Å². The zero-order valence-corrected chi connectivity index (χ0v) is 16.4. The Morgan fingerprint density at radius 1 is 1.31 bits per heavy atom. The molecule has 0 unspecified atom stereocenters. The molecule has 0 saturated carbocycles. The van der Waals surface area contributed by atoms with Crippen molar-refractivity contribution in [3.8, 4) is 0 Å². The number of ether oxygens (including phenoxy) is 1. The first-order chi connectivity index (χ1) is 12.3. The molecule has 1 spiro atoms. The van der Waals surface area contributed by atoms with Crippen molar-refractivity contribution >= 4 is 29.1 Å². The van der Waals surface area contributed by atoms with Gasteiger partial charge in [0.2, 0.25) is 0 Å². The van der Waals surface area contributed by atoms with Gasteiger partial charge in [-0.2, -0.15) is 0 Å². The van der Waals surface area contributed by atoms with Crippen molar-refractivity contribution in [2.24, 2.45) is 5.92 Å². The summed E-state index contributed by atoms with van der Waals surface area (Å²) >= 11 is 1.30. The van der Waals surface area contributed by atoms with Crippen molar-refractivity contribution in [1.82, 2.24) is 9.80 Å². The number of piperidine rings is 1. The van der Waals surface area contributed by atoms with Crippen molar-refractivity contribution in [3.05, 3.63) is 21.9 Å². The van der Waals surface area contributed by atoms with E-state index in [4.69, 9.17) is 4.74 Å². The normalized spacial score (nSPS) is 19.3. The molecular weight excluding hydrogens is 352 g/mol. The number of carbonyl (C=O) groups excluding carboxylic acids is 3. The van der Waals surface area contributed by atoms with Gasteiger partial charge in [-0.05, 0) is 25.3 Å². The average molecular weight is 378 g/mol. The van der Waals surface area contributed by atoms with E-state index in [0.29, 0.717) is 48.8 Å². The number of rotatable bonds is 5. The van der Waals surface area contributed by atoms with Crippen LogP contribution in [0.2, 0.25) is 0 Å². The number of amides is 2. The molecule has 7 heteroatoms. The van der Waals surface area contributed by atoms with E-state index < -0.39 is 5.60 Å². The standard InChI is InChI=1S/C19H26N2O4S/c1-13(2)4-7-21-12-19(25-18(21)24)5-8-20(9-6-19)17(23)15-10-16(14(3)22)26-11-15/h10-11,13H,4-9,12H2,1-3H3. The van der Waals surface area contributed by atoms with Gasteiger partial charge in [0.05, 0.1) is 17.0 Å². The van der Waals surface area contributed by atoms with Crippen molar-refractivity contribution in [1.29, 1.82) is 0 Å². The van der Waals surface area contributed by atoms with Crippen molar-refractivity contribution in [3.63, 3.8) is 0 Å². The van der Waals surface area contributed by atoms with Gasteiger partial charge in [0.25, 0.3) is 5.91 Å². The predicted octanol–water partition coefficient (Wildman–Crippen LogP) is 3.42. The van der Waals surface area contributed by atoms with Gasteiger partial charge >= 0.3 is 6.09 Å². The molecule has 26 heavy (non-hydrogen) atoms. The highest BCUT2D eigenvalue weighted by atomic mass is 32.1. The zero-order valence-electron chi connectivity index (χ0n) is 15.6. The minimum Gasteiger partial charge on any atom is -0.441 e. The number of hydrogen-bond acceptors (Lipinski definition) is 5. The van der Waals surface area contributed by atoms with Crippen LogP contribution in [0.25, 0.3) is 0 Å². The molecule has 2 saturated heterocycles. The summed E-state index contributed by atoms with van der Waals surface area (Å²) in [5.74, 6) is 0.472. The highest BCUT2D eigenvalue weighted by Gasteiger charge is 2.47. The van der Waals surface area contributed by atoms with Crippen LogP contribution in [0, 0.1) is 5.92 Å². The summed E-state index contributed by atoms with van der Waals surface area (Å²) in [6.07, 6.45) is 2.06. The number of hydrogen-bond donors (Lipinski definition) is 0. The summed E-state index contributed by atoms with van der Waals surface area (Å²) in [5, 5.41) is 1.74. The average Bonchev–Trinajstić information content (AvgIpc) is 3.19. The molecule has 0 bridgehead atoms. The highest BCUT2D eigenvalue weighted by molar-refractivity contribution is 7.12. The molecule has 3 heterocycles. The van der Waals surface area contributed by atoms with Gasteiger partial charge in [-0.25, -0.2) is 4.79 Å². The molecule has 0 aromatic carbocycles. The lowest BCUT2D eigenvalue weighted by atomic mass is 9.91. The van der Waals surface area contributed by atoms with Gasteiger partial charge in [0.15, 0.2) is 5.78 Å². The summed E-state index contributed by atoms with van der Waals surface area (Å²) in [6.45, 7) is 8.26. The molecule has 0 atom stereocenters. The molecule has 1 aromatic rings. The fourth-order valence-corrected chi connectivity index (χ4v) is 4.26. The molecule has 0 radical (unpaired) electrons. The van der Waals surface area contributed by atoms with E-state index in [1.165, 1.54) is 18.3 Å². The summed E-state index contributed by atoms with van der Waals surface area (Å²) < 4.78 is 5.71. The molecule has 2 aliphatic heterocycles. The molecule has 2 amide bonds. The largest absolute Gasteiger partial charge is 0.441 e. The molecule has 0 N–H and O–H groups in total. The highest BCUT2D eigenvalue weighted by Crippen LogP contribution is 2.34. The topological polar surface area (TPSA) is 66.9 Å². The van der Waals surface area contributed by atoms with E-state index >= 15 is 0 Å². The molecule has 142 valence electrons. The molecule has 3 rings (SSSR count). The third kappa shape index (κ3) is 3.92. The Labute approximate surface area is 158 Å². The van der Waals surface area contributed by atoms with Gasteiger partial charge in [-0.3, -0.25) is 9.59 Å². The minimum absolute atomic E-state index is 0.0222. The lowest BCUT2D eigenvalue weighted by Crippen LogP contribution is -2.48. The van der Waals surface area contributed by atoms with Crippen molar-refractivity contribution in [2.45, 2.75) is 45.6 Å². The first-order valence-electron chi connectivity index (χ1n) is 9.16. The Bertz CT molecular complexity index is 704. The van der Waals surface area contributed by atoms with Crippen LogP contribution in [0.15, 0.2) is 11.4 Å². The van der Waals surface area contributed by atoms with E-state index in [0.717, 1.165) is 13.0 Å². The number of carbonyl (C=O) groups is 3. The number of likely N-dealkylation sites (tertiary alicyclic amines) is 1. The third-order valence-corrected chi connectivity index (χ3v) is 6.20. The third-order valence-electron chi connectivity index (χ3n) is 5.17. The van der Waals surface area contributed by atoms with Crippen LogP contribution >= 0.6 is 11.3 Å². The lowest BCUT2D eigenvalue weighted by molar-refractivity contribution is 0.00314. The molecule has 1 aromatic heterocycles. The fourth-order valence-electron chi connectivity index (χ4n) is 3.47. The Morgan fingerprint density at radius 2 is 2.00 bits per heavy atom. The molecule has 2 aliphatic rings. The monoisotopic (exact) mass is 378 g/mol. The second-order valence-corrected chi connectivity index (χ2v) is 8.61. The van der Waals surface area contributed by atoms with E-state index in [9.17, 15) is 14.4 Å². The number of thiophene rings is 1. The molecule has 2 fully saturated rings. The van der Waals surface area contributed by atoms with Gasteiger partial charge < -0.3 is 14.5 Å². The second-order valence-electron chi connectivity index (χ2n) is 7.70. The first kappa shape index (κ1) is 18.9. The summed E-state index contributed by atoms with van der Waals surface area (Å²) in [6, 6.07) is 1.67. The molecular formula is C19H26N2O4S. The van der Waals surface area contributed by atoms with Gasteiger partial charge in [0, 0.05) is 37.9 Å². The Kier molecular flexibility index (Phi) is 5.37. The van der Waals surface area contributed by atoms with Crippen LogP contribution in [0.1, 0.15) is 60.1 Å². The Hall–Kier alpha value is -1.89. The minimum atomic E-state index is -0.454. The number of ketones is 1. The summed E-state index contributed by atoms with van der Waals surface area (Å²) in [4.78, 5) is 40.4. The maximum atomic E-state index is 12.6. The van der Waals surface area contributed by atoms with E-state index in [1.54, 1.807) is 21.2 Å². The fraction of sp³-hybridized carbons (Fsp3) is 0.632. The van der Waals surface area contributed by atoms with Gasteiger partial charge in [0.1, 0.15) is 5.60 Å². The van der Waals surface area contributed by atoms with Crippen LogP contribution in [0.3, 0.4) is 0 Å². The smallest absolute Gasteiger partial charge is 0.410 e. The predicted molar refractivity (Wildman–Crippen MR) is 99.7 cm³/mol. The van der Waals surface area contributed by atoms with Crippen molar-refractivity contribution < 1.29 is 19.1 Å². The number of Topliss-reactive ketones (excluding diaryl/α,β-unsaturated/α-hetero) is 1. The first-order valence-corrected chi connectivity index (χ1v) is 10.0. The van der Waals surface area contributed by atoms with Crippen LogP contribution in [-0.2, 0) is 4.74 Å². The van der Waals surface area contributed by atoms with E-state index in [1.807, 2.05) is 0 Å². The van der Waals surface area contributed by atoms with Gasteiger partial charge in [-0.1, -0.05) is 13.8 Å². The van der Waals surface area contributed by atoms with Crippen LogP contribution < -0.4 is 0 Å². The zero-order chi connectivity index (χ0) is 18.9. The summed E-state index contributed by atoms with van der Waals surface area (Å²) in [5.41, 5.74) is 0.113. The molecule has 6 nitrogen and oxygen atoms in total. The number of nitrogens with zero attached hydrogens (tertiary/aromatic N) is 2. The lowest BCUT2D eigenvalue weighted by Gasteiger charge is -2.37. The van der Waals surface area contributed by atoms with Crippen LogP contribution in [0.5, 0.6) is 0 Å². The van der Waals surface area contributed by atoms with Crippen molar-refractivity contribution in [2.75, 3.05) is 26.2 Å². The second kappa shape index (κ2) is 7.39. The SMILES string of the molecule is CC(=O)c1cc(C(=O)N2CCC3(CC2)CN(CCC(C)C)C(=O)O3)cs1. The van der Waals surface area contributed by atoms with Crippen LogP contribution in [0.4, 0.5) is 4.79 Å². The van der Waals surface area contributed by atoms with E-state index in [2.05, 4.69) is 13.8 Å². The Morgan fingerprint density at radius 3 is 2.58 bits per heavy atom. The Balaban J connectivity index is 1.57. The summed E-state index contributed by atoms with van der Waals surface area (Å²) in [7, 11) is 0. The quantitative estimate of drug-likeness (QED) is 0.736. The molecule has 0 aliphatic carbocycles.